The van der Waals surface area contributed by atoms with Gasteiger partial charge in [-0.05, 0) is 41.6 Å². The van der Waals surface area contributed by atoms with E-state index in [1.165, 1.54) is 6.33 Å². The Kier molecular flexibility index (Phi) is 5.83. The Bertz CT molecular complexity index is 758. The summed E-state index contributed by atoms with van der Waals surface area (Å²) in [4.78, 5) is 17.2. The van der Waals surface area contributed by atoms with Crippen molar-refractivity contribution in [3.05, 3.63) is 10.9 Å². The molecule has 0 aliphatic heterocycles. The molecular formula is C13H16BrF3N6O2. The first-order chi connectivity index (χ1) is 11.6. The van der Waals surface area contributed by atoms with E-state index < -0.39 is 12.1 Å². The van der Waals surface area contributed by atoms with Gasteiger partial charge in [-0.25, -0.2) is 19.4 Å². The highest BCUT2D eigenvalue weighted by atomic mass is 79.9. The van der Waals surface area contributed by atoms with E-state index in [0.717, 1.165) is 36.7 Å². The summed E-state index contributed by atoms with van der Waals surface area (Å²) >= 11 is 3.43. The largest absolute Gasteiger partial charge is 0.490 e. The van der Waals surface area contributed by atoms with Crippen LogP contribution in [0.3, 0.4) is 0 Å². The van der Waals surface area contributed by atoms with Crippen LogP contribution in [0.5, 0.6) is 0 Å². The molecule has 2 aromatic heterocycles. The summed E-state index contributed by atoms with van der Waals surface area (Å²) in [5, 5.41) is 12.4. The Morgan fingerprint density at radius 1 is 1.28 bits per heavy atom. The van der Waals surface area contributed by atoms with Crippen molar-refractivity contribution in [2.75, 3.05) is 5.73 Å². The van der Waals surface area contributed by atoms with E-state index in [9.17, 15) is 13.2 Å². The van der Waals surface area contributed by atoms with Crippen molar-refractivity contribution in [1.29, 1.82) is 0 Å². The van der Waals surface area contributed by atoms with Crippen molar-refractivity contribution in [2.24, 2.45) is 5.73 Å². The molecule has 0 radical (unpaired) electrons. The number of halogens is 4. The molecule has 0 aromatic carbocycles. The number of nitrogens with zero attached hydrogens (tertiary/aromatic N) is 4. The SMILES string of the molecule is Nc1ncnc2c1c(Br)nn2C1CCC(N)CC1.O=C(O)C(F)(F)F. The van der Waals surface area contributed by atoms with Crippen molar-refractivity contribution < 1.29 is 23.1 Å². The number of nitrogens with two attached hydrogens (primary N) is 2. The summed E-state index contributed by atoms with van der Waals surface area (Å²) in [7, 11) is 0. The van der Waals surface area contributed by atoms with Gasteiger partial charge >= 0.3 is 12.1 Å². The fraction of sp³-hybridized carbons (Fsp3) is 0.538. The number of carboxylic acid groups (broad SMARTS) is 1. The molecule has 0 spiro atoms. The number of fused-ring (bicyclic) bond motifs is 1. The van der Waals surface area contributed by atoms with Gasteiger partial charge in [0.25, 0.3) is 0 Å². The molecule has 1 saturated carbocycles. The second-order valence-corrected chi connectivity index (χ2v) is 6.32. The van der Waals surface area contributed by atoms with Gasteiger partial charge in [0.15, 0.2) is 5.65 Å². The van der Waals surface area contributed by atoms with E-state index >= 15 is 0 Å². The quantitative estimate of drug-likeness (QED) is 0.638. The van der Waals surface area contributed by atoms with E-state index in [-0.39, 0.29) is 0 Å². The molecule has 1 aliphatic rings. The van der Waals surface area contributed by atoms with Crippen LogP contribution in [0.4, 0.5) is 19.0 Å². The highest BCUT2D eigenvalue weighted by Crippen LogP contribution is 2.33. The maximum atomic E-state index is 10.6. The highest BCUT2D eigenvalue weighted by Gasteiger charge is 2.38. The third-order valence-electron chi connectivity index (χ3n) is 3.81. The van der Waals surface area contributed by atoms with E-state index in [4.69, 9.17) is 21.4 Å². The Morgan fingerprint density at radius 2 is 1.84 bits per heavy atom. The van der Waals surface area contributed by atoms with Crippen LogP contribution in [-0.4, -0.2) is 43.0 Å². The van der Waals surface area contributed by atoms with Crippen LogP contribution in [0.1, 0.15) is 31.7 Å². The second-order valence-electron chi connectivity index (χ2n) is 5.56. The Labute approximate surface area is 148 Å². The zero-order valence-corrected chi connectivity index (χ0v) is 14.5. The Morgan fingerprint density at radius 3 is 2.36 bits per heavy atom. The van der Waals surface area contributed by atoms with Crippen molar-refractivity contribution in [3.8, 4) is 0 Å². The summed E-state index contributed by atoms with van der Waals surface area (Å²) in [5.74, 6) is -2.29. The van der Waals surface area contributed by atoms with Gasteiger partial charge in [-0.3, -0.25) is 0 Å². The first kappa shape index (κ1) is 19.4. The van der Waals surface area contributed by atoms with Crippen molar-refractivity contribution >= 4 is 38.8 Å². The summed E-state index contributed by atoms with van der Waals surface area (Å²) in [6.45, 7) is 0. The van der Waals surface area contributed by atoms with Crippen molar-refractivity contribution in [3.63, 3.8) is 0 Å². The fourth-order valence-corrected chi connectivity index (χ4v) is 3.11. The molecule has 12 heteroatoms. The fourth-order valence-electron chi connectivity index (χ4n) is 2.55. The molecule has 8 nitrogen and oxygen atoms in total. The average Bonchev–Trinajstić information content (AvgIpc) is 2.86. The van der Waals surface area contributed by atoms with Gasteiger partial charge in [-0.1, -0.05) is 0 Å². The predicted molar refractivity (Wildman–Crippen MR) is 86.6 cm³/mol. The third-order valence-corrected chi connectivity index (χ3v) is 4.36. The molecule has 0 atom stereocenters. The first-order valence-electron chi connectivity index (χ1n) is 7.31. The van der Waals surface area contributed by atoms with Crippen molar-refractivity contribution in [1.82, 2.24) is 19.7 Å². The van der Waals surface area contributed by atoms with E-state index in [2.05, 4.69) is 31.0 Å². The summed E-state index contributed by atoms with van der Waals surface area (Å²) < 4.78 is 34.4. The molecular weight excluding hydrogens is 409 g/mol. The Hall–Kier alpha value is -1.95. The summed E-state index contributed by atoms with van der Waals surface area (Å²) in [5.41, 5.74) is 12.6. The van der Waals surface area contributed by atoms with E-state index in [0.29, 0.717) is 22.5 Å². The molecule has 2 aromatic rings. The predicted octanol–water partition coefficient (Wildman–Crippen LogP) is 2.25. The molecule has 5 N–H and O–H groups in total. The molecule has 0 bridgehead atoms. The van der Waals surface area contributed by atoms with Crippen LogP contribution < -0.4 is 11.5 Å². The number of rotatable bonds is 1. The smallest absolute Gasteiger partial charge is 0.475 e. The number of aliphatic carboxylic acids is 1. The zero-order chi connectivity index (χ0) is 18.8. The monoisotopic (exact) mass is 424 g/mol. The summed E-state index contributed by atoms with van der Waals surface area (Å²) in [6, 6.07) is 0.680. The minimum atomic E-state index is -5.08. The lowest BCUT2D eigenvalue weighted by Gasteiger charge is -2.26. The normalized spacial score (nSPS) is 20.8. The van der Waals surface area contributed by atoms with Crippen LogP contribution in [0.25, 0.3) is 11.0 Å². The minimum absolute atomic E-state index is 0.325. The molecule has 138 valence electrons. The van der Waals surface area contributed by atoms with Gasteiger partial charge in [-0.2, -0.15) is 18.3 Å². The molecule has 0 unspecified atom stereocenters. The standard InChI is InChI=1S/C11H15BrN6.C2HF3O2/c12-9-8-10(14)15-5-16-11(8)18(17-9)7-3-1-6(13)2-4-7;3-2(4,5)1(6)7/h5-7H,1-4,13H2,(H2,14,15,16);(H,6,7). The molecule has 1 fully saturated rings. The van der Waals surface area contributed by atoms with Gasteiger partial charge < -0.3 is 16.6 Å². The number of aromatic nitrogens is 4. The molecule has 25 heavy (non-hydrogen) atoms. The van der Waals surface area contributed by atoms with Gasteiger partial charge in [0.1, 0.15) is 16.7 Å². The lowest BCUT2D eigenvalue weighted by molar-refractivity contribution is -0.192. The lowest BCUT2D eigenvalue weighted by Crippen LogP contribution is -2.28. The maximum Gasteiger partial charge on any atom is 0.490 e. The number of carboxylic acids is 1. The van der Waals surface area contributed by atoms with Crippen LogP contribution in [0.15, 0.2) is 10.9 Å². The second kappa shape index (κ2) is 7.52. The van der Waals surface area contributed by atoms with Gasteiger partial charge in [0.05, 0.1) is 11.4 Å². The van der Waals surface area contributed by atoms with E-state index in [1.54, 1.807) is 0 Å². The molecule has 0 saturated heterocycles. The molecule has 3 rings (SSSR count). The van der Waals surface area contributed by atoms with E-state index in [1.807, 2.05) is 4.68 Å². The van der Waals surface area contributed by atoms with Gasteiger partial charge in [0.2, 0.25) is 0 Å². The molecule has 0 amide bonds. The number of anilines is 1. The van der Waals surface area contributed by atoms with Gasteiger partial charge in [0, 0.05) is 6.04 Å². The number of carbonyl (C=O) groups is 1. The number of hydrogen-bond donors (Lipinski definition) is 3. The van der Waals surface area contributed by atoms with Crippen molar-refractivity contribution in [2.45, 2.75) is 43.9 Å². The molecule has 1 aliphatic carbocycles. The summed E-state index contributed by atoms with van der Waals surface area (Å²) in [6.07, 6.45) is 0.536. The van der Waals surface area contributed by atoms with Crippen LogP contribution >= 0.6 is 15.9 Å². The molecule has 2 heterocycles. The average molecular weight is 425 g/mol. The first-order valence-corrected chi connectivity index (χ1v) is 8.10. The highest BCUT2D eigenvalue weighted by molar-refractivity contribution is 9.10. The minimum Gasteiger partial charge on any atom is -0.475 e. The zero-order valence-electron chi connectivity index (χ0n) is 12.9. The topological polar surface area (TPSA) is 133 Å². The van der Waals surface area contributed by atoms with Crippen LogP contribution in [-0.2, 0) is 4.79 Å². The third kappa shape index (κ3) is 4.57. The number of nitrogen functional groups attached to an aromatic ring is 1. The van der Waals surface area contributed by atoms with Gasteiger partial charge in [-0.15, -0.1) is 0 Å². The lowest BCUT2D eigenvalue weighted by atomic mass is 9.92. The van der Waals surface area contributed by atoms with Crippen LogP contribution in [0, 0.1) is 0 Å². The Balaban J connectivity index is 0.000000277. The van der Waals surface area contributed by atoms with Crippen LogP contribution in [0.2, 0.25) is 0 Å². The maximum absolute atomic E-state index is 10.6. The number of hydrogen-bond acceptors (Lipinski definition) is 6. The number of alkyl halides is 3.